The molecule has 0 saturated heterocycles. The molecular formula is C31H40O3. The zero-order valence-corrected chi connectivity index (χ0v) is 21.5. The Morgan fingerprint density at radius 2 is 1.59 bits per heavy atom. The van der Waals surface area contributed by atoms with Gasteiger partial charge in [-0.3, -0.25) is 4.79 Å². The second kappa shape index (κ2) is 9.34. The first-order valence-corrected chi connectivity index (χ1v) is 12.8. The maximum Gasteiger partial charge on any atom is 0.324 e. The number of carbonyl (C=O) groups is 1. The fourth-order valence-electron chi connectivity index (χ4n) is 6.19. The Morgan fingerprint density at radius 1 is 1.00 bits per heavy atom. The zero-order chi connectivity index (χ0) is 24.7. The average Bonchev–Trinajstić information content (AvgIpc) is 3.52. The Bertz CT molecular complexity index is 1030. The van der Waals surface area contributed by atoms with E-state index in [4.69, 9.17) is 4.74 Å². The molecule has 0 radical (unpaired) electrons. The molecule has 182 valence electrons. The third kappa shape index (κ3) is 4.35. The van der Waals surface area contributed by atoms with Gasteiger partial charge >= 0.3 is 5.97 Å². The largest absolute Gasteiger partial charge is 0.461 e. The maximum absolute atomic E-state index is 14.3. The van der Waals surface area contributed by atoms with Gasteiger partial charge in [0.1, 0.15) is 17.6 Å². The smallest absolute Gasteiger partial charge is 0.324 e. The van der Waals surface area contributed by atoms with Crippen molar-refractivity contribution in [3.8, 4) is 0 Å². The van der Waals surface area contributed by atoms with Crippen LogP contribution in [-0.4, -0.2) is 17.2 Å². The summed E-state index contributed by atoms with van der Waals surface area (Å²) < 4.78 is 6.44. The van der Waals surface area contributed by atoms with E-state index in [1.807, 2.05) is 60.7 Å². The summed E-state index contributed by atoms with van der Waals surface area (Å²) in [6.45, 7) is 13.1. The Labute approximate surface area is 205 Å². The highest BCUT2D eigenvalue weighted by atomic mass is 16.5. The number of carbonyl (C=O) groups excluding carboxylic acids is 1. The van der Waals surface area contributed by atoms with Crippen molar-refractivity contribution in [1.29, 1.82) is 0 Å². The van der Waals surface area contributed by atoms with Gasteiger partial charge in [-0.05, 0) is 58.3 Å². The van der Waals surface area contributed by atoms with Crippen molar-refractivity contribution < 1.29 is 14.6 Å². The summed E-state index contributed by atoms with van der Waals surface area (Å²) in [6.07, 6.45) is 2.03. The van der Waals surface area contributed by atoms with E-state index in [1.54, 1.807) is 0 Å². The number of hydrogen-bond acceptors (Lipinski definition) is 3. The quantitative estimate of drug-likeness (QED) is 0.463. The summed E-state index contributed by atoms with van der Waals surface area (Å²) in [6, 6.07) is 19.6. The number of aliphatic hydroxyl groups is 1. The van der Waals surface area contributed by atoms with Crippen LogP contribution in [0.1, 0.15) is 78.0 Å². The van der Waals surface area contributed by atoms with E-state index in [1.165, 1.54) is 6.42 Å². The molecule has 1 N–H and O–H groups in total. The topological polar surface area (TPSA) is 46.5 Å². The fraction of sp³-hybridized carbons (Fsp3) is 0.516. The average molecular weight is 461 g/mol. The van der Waals surface area contributed by atoms with E-state index in [9.17, 15) is 9.90 Å². The van der Waals surface area contributed by atoms with Crippen LogP contribution in [0.3, 0.4) is 0 Å². The summed E-state index contributed by atoms with van der Waals surface area (Å²) in [4.78, 5) is 14.3. The standard InChI is InChI=1S/C31H40O3/c1-20(2)24-18-17-21(3)19-25(24)34-29(33)31(28(32)23-15-11-8-12-16-23)26(27(31)30(4,5)6)22-13-9-7-10-14-22/h7-16,20-21,24-25,28,32H,17-19H2,1-6H3/t21-,24+,25-,28-,31+/m1/s1. The van der Waals surface area contributed by atoms with Gasteiger partial charge in [-0.2, -0.15) is 0 Å². The molecule has 0 spiro atoms. The van der Waals surface area contributed by atoms with Crippen molar-refractivity contribution in [3.05, 3.63) is 77.4 Å². The predicted molar refractivity (Wildman–Crippen MR) is 138 cm³/mol. The molecule has 3 heteroatoms. The number of hydrogen-bond donors (Lipinski definition) is 1. The predicted octanol–water partition coefficient (Wildman–Crippen LogP) is 7.22. The third-order valence-corrected chi connectivity index (χ3v) is 7.86. The molecule has 2 aromatic rings. The van der Waals surface area contributed by atoms with E-state index in [2.05, 4.69) is 41.5 Å². The number of esters is 1. The van der Waals surface area contributed by atoms with E-state index in [-0.39, 0.29) is 17.5 Å². The lowest BCUT2D eigenvalue weighted by Gasteiger charge is -2.38. The Hall–Kier alpha value is -2.39. The van der Waals surface area contributed by atoms with E-state index < -0.39 is 11.5 Å². The SMILES string of the molecule is CC(C)[C@@H]1CC[C@@H](C)C[C@H]1OC(=O)[C@@]1([C@H](O)c2ccccc2)C(c2ccccc2)=C1C(C)(C)C. The minimum Gasteiger partial charge on any atom is -0.461 e. The summed E-state index contributed by atoms with van der Waals surface area (Å²) in [5.74, 6) is 1.04. The van der Waals surface area contributed by atoms with Crippen LogP contribution in [-0.2, 0) is 9.53 Å². The van der Waals surface area contributed by atoms with Gasteiger partial charge in [0.15, 0.2) is 0 Å². The first-order chi connectivity index (χ1) is 16.1. The van der Waals surface area contributed by atoms with Crippen molar-refractivity contribution in [1.82, 2.24) is 0 Å². The van der Waals surface area contributed by atoms with Gasteiger partial charge in [-0.15, -0.1) is 0 Å². The first kappa shape index (κ1) is 24.7. The number of aliphatic hydroxyl groups excluding tert-OH is 1. The molecule has 0 heterocycles. The molecule has 0 unspecified atom stereocenters. The van der Waals surface area contributed by atoms with Gasteiger partial charge in [-0.25, -0.2) is 0 Å². The molecule has 5 atom stereocenters. The van der Waals surface area contributed by atoms with Gasteiger partial charge in [0.2, 0.25) is 0 Å². The Balaban J connectivity index is 1.79. The Kier molecular flexibility index (Phi) is 6.79. The zero-order valence-electron chi connectivity index (χ0n) is 21.5. The molecule has 0 aliphatic heterocycles. The number of benzene rings is 2. The van der Waals surface area contributed by atoms with E-state index in [0.29, 0.717) is 17.8 Å². The van der Waals surface area contributed by atoms with E-state index in [0.717, 1.165) is 35.1 Å². The lowest BCUT2D eigenvalue weighted by molar-refractivity contribution is -0.166. The van der Waals surface area contributed by atoms with Crippen LogP contribution in [0.4, 0.5) is 0 Å². The fourth-order valence-corrected chi connectivity index (χ4v) is 6.19. The van der Waals surface area contributed by atoms with Crippen LogP contribution in [0.5, 0.6) is 0 Å². The molecule has 0 bridgehead atoms. The monoisotopic (exact) mass is 460 g/mol. The van der Waals surface area contributed by atoms with Crippen molar-refractivity contribution in [2.24, 2.45) is 28.6 Å². The van der Waals surface area contributed by atoms with Crippen molar-refractivity contribution in [3.63, 3.8) is 0 Å². The molecule has 0 aromatic heterocycles. The molecule has 4 rings (SSSR count). The van der Waals surface area contributed by atoms with Crippen molar-refractivity contribution in [2.45, 2.75) is 73.0 Å². The molecule has 1 fully saturated rings. The van der Waals surface area contributed by atoms with Gasteiger partial charge < -0.3 is 9.84 Å². The van der Waals surface area contributed by atoms with Crippen LogP contribution in [0, 0.1) is 28.6 Å². The second-order valence-electron chi connectivity index (χ2n) is 11.8. The highest BCUT2D eigenvalue weighted by Crippen LogP contribution is 2.70. The summed E-state index contributed by atoms with van der Waals surface area (Å²) in [5, 5.41) is 11.9. The molecular weight excluding hydrogens is 420 g/mol. The molecule has 2 aromatic carbocycles. The van der Waals surface area contributed by atoms with Crippen LogP contribution in [0.15, 0.2) is 66.2 Å². The normalized spacial score (nSPS) is 28.1. The third-order valence-electron chi connectivity index (χ3n) is 7.86. The van der Waals surface area contributed by atoms with Crippen molar-refractivity contribution >= 4 is 11.5 Å². The molecule has 3 nitrogen and oxygen atoms in total. The second-order valence-corrected chi connectivity index (χ2v) is 11.8. The summed E-state index contributed by atoms with van der Waals surface area (Å²) >= 11 is 0. The number of ether oxygens (including phenoxy) is 1. The summed E-state index contributed by atoms with van der Waals surface area (Å²) in [5.41, 5.74) is 2.17. The van der Waals surface area contributed by atoms with Crippen molar-refractivity contribution in [2.75, 3.05) is 0 Å². The molecule has 34 heavy (non-hydrogen) atoms. The minimum absolute atomic E-state index is 0.116. The van der Waals surface area contributed by atoms with Crippen LogP contribution in [0.25, 0.3) is 5.57 Å². The number of rotatable bonds is 6. The van der Waals surface area contributed by atoms with E-state index >= 15 is 0 Å². The van der Waals surface area contributed by atoms with Crippen LogP contribution in [0.2, 0.25) is 0 Å². The van der Waals surface area contributed by atoms with Gasteiger partial charge in [0, 0.05) is 0 Å². The van der Waals surface area contributed by atoms with Gasteiger partial charge in [-0.1, -0.05) is 109 Å². The highest BCUT2D eigenvalue weighted by Gasteiger charge is 2.68. The molecule has 2 aliphatic carbocycles. The lowest BCUT2D eigenvalue weighted by atomic mass is 9.75. The molecule has 1 saturated carbocycles. The van der Waals surface area contributed by atoms with Crippen LogP contribution < -0.4 is 0 Å². The molecule has 2 aliphatic rings. The first-order valence-electron chi connectivity index (χ1n) is 12.8. The van der Waals surface area contributed by atoms with Gasteiger partial charge in [0.05, 0.1) is 0 Å². The molecule has 0 amide bonds. The van der Waals surface area contributed by atoms with Crippen LogP contribution >= 0.6 is 0 Å². The lowest BCUT2D eigenvalue weighted by Crippen LogP contribution is -2.41. The minimum atomic E-state index is -1.16. The Morgan fingerprint density at radius 3 is 2.15 bits per heavy atom. The van der Waals surface area contributed by atoms with Gasteiger partial charge in [0.25, 0.3) is 0 Å². The maximum atomic E-state index is 14.3. The summed E-state index contributed by atoms with van der Waals surface area (Å²) in [7, 11) is 0. The highest BCUT2D eigenvalue weighted by molar-refractivity contribution is 6.10.